The third-order valence-electron chi connectivity index (χ3n) is 2.47. The van der Waals surface area contributed by atoms with Crippen LogP contribution < -0.4 is 5.32 Å². The summed E-state index contributed by atoms with van der Waals surface area (Å²) >= 11 is 1.18. The van der Waals surface area contributed by atoms with Gasteiger partial charge in [-0.15, -0.1) is 11.3 Å². The predicted octanol–water partition coefficient (Wildman–Crippen LogP) is 1.43. The van der Waals surface area contributed by atoms with Gasteiger partial charge < -0.3 is 10.4 Å². The minimum absolute atomic E-state index is 0.0266. The Hall–Kier alpha value is -2.35. The fourth-order valence-electron chi connectivity index (χ4n) is 1.43. The molecule has 2 N–H and O–H groups in total. The highest BCUT2D eigenvalue weighted by atomic mass is 32.1. The van der Waals surface area contributed by atoms with E-state index < -0.39 is 12.0 Å². The third kappa shape index (κ3) is 3.15. The van der Waals surface area contributed by atoms with Crippen LogP contribution in [-0.2, 0) is 0 Å². The maximum Gasteiger partial charge on any atom is 0.355 e. The summed E-state index contributed by atoms with van der Waals surface area (Å²) in [4.78, 5) is 34.6. The first-order valence-corrected chi connectivity index (χ1v) is 6.63. The number of nitrogens with zero attached hydrogens (tertiary/aromatic N) is 3. The van der Waals surface area contributed by atoms with E-state index in [9.17, 15) is 9.59 Å². The molecule has 0 aliphatic heterocycles. The fourth-order valence-corrected chi connectivity index (χ4v) is 2.23. The Labute approximate surface area is 118 Å². The van der Waals surface area contributed by atoms with Crippen LogP contribution in [0.3, 0.4) is 0 Å². The zero-order valence-corrected chi connectivity index (χ0v) is 11.6. The van der Waals surface area contributed by atoms with E-state index >= 15 is 0 Å². The van der Waals surface area contributed by atoms with Crippen molar-refractivity contribution in [1.82, 2.24) is 20.3 Å². The van der Waals surface area contributed by atoms with E-state index in [2.05, 4.69) is 20.3 Å². The van der Waals surface area contributed by atoms with Crippen molar-refractivity contribution in [2.45, 2.75) is 19.9 Å². The first-order valence-electron chi connectivity index (χ1n) is 5.75. The van der Waals surface area contributed by atoms with Gasteiger partial charge in [-0.25, -0.2) is 14.8 Å². The van der Waals surface area contributed by atoms with Crippen molar-refractivity contribution in [2.24, 2.45) is 0 Å². The molecular weight excluding hydrogens is 280 g/mol. The number of amides is 1. The monoisotopic (exact) mass is 292 g/mol. The molecule has 1 atom stereocenters. The lowest BCUT2D eigenvalue weighted by Gasteiger charge is -2.10. The summed E-state index contributed by atoms with van der Waals surface area (Å²) in [5, 5.41) is 13.5. The maximum atomic E-state index is 11.9. The zero-order chi connectivity index (χ0) is 14.7. The summed E-state index contributed by atoms with van der Waals surface area (Å²) in [6, 6.07) is -0.399. The first kappa shape index (κ1) is 14.1. The molecule has 0 fully saturated rings. The van der Waals surface area contributed by atoms with Gasteiger partial charge in [-0.2, -0.15) is 0 Å². The van der Waals surface area contributed by atoms with Crippen LogP contribution in [0.4, 0.5) is 0 Å². The van der Waals surface area contributed by atoms with E-state index in [4.69, 9.17) is 5.11 Å². The van der Waals surface area contributed by atoms with Crippen LogP contribution in [0.5, 0.6) is 0 Å². The first-order chi connectivity index (χ1) is 9.47. The molecule has 2 aromatic rings. The normalized spacial score (nSPS) is 11.9. The number of aromatic nitrogens is 3. The Morgan fingerprint density at radius 2 is 2.05 bits per heavy atom. The van der Waals surface area contributed by atoms with E-state index in [1.807, 2.05) is 0 Å². The average Bonchev–Trinajstić information content (AvgIpc) is 2.89. The highest BCUT2D eigenvalue weighted by molar-refractivity contribution is 7.09. The molecule has 0 aromatic carbocycles. The van der Waals surface area contributed by atoms with E-state index in [1.165, 1.54) is 29.1 Å². The number of carboxylic acid groups (broad SMARTS) is 1. The second-order valence-corrected chi connectivity index (χ2v) is 5.00. The second-order valence-electron chi connectivity index (χ2n) is 4.11. The van der Waals surface area contributed by atoms with Gasteiger partial charge in [-0.1, -0.05) is 0 Å². The summed E-state index contributed by atoms with van der Waals surface area (Å²) < 4.78 is 0. The van der Waals surface area contributed by atoms with E-state index in [-0.39, 0.29) is 17.3 Å². The standard InChI is InChI=1S/C12H12N4O3S/c1-6-3-14-8(4-13-6)10(17)15-7(2)11-16-9(5-20-11)12(18)19/h3-5,7H,1-2H3,(H,15,17)(H,18,19). The number of carbonyl (C=O) groups excluding carboxylic acids is 1. The number of carboxylic acids is 1. The number of carbonyl (C=O) groups is 2. The fraction of sp³-hybridized carbons (Fsp3) is 0.250. The lowest BCUT2D eigenvalue weighted by atomic mass is 10.3. The van der Waals surface area contributed by atoms with Gasteiger partial charge in [0.15, 0.2) is 5.69 Å². The SMILES string of the molecule is Cc1cnc(C(=O)NC(C)c2nc(C(=O)O)cs2)cn1. The minimum atomic E-state index is -1.09. The third-order valence-corrected chi connectivity index (χ3v) is 3.50. The quantitative estimate of drug-likeness (QED) is 0.883. The largest absolute Gasteiger partial charge is 0.476 e. The summed E-state index contributed by atoms with van der Waals surface area (Å²) in [7, 11) is 0. The van der Waals surface area contributed by atoms with E-state index in [1.54, 1.807) is 13.8 Å². The molecule has 20 heavy (non-hydrogen) atoms. The molecule has 0 saturated heterocycles. The summed E-state index contributed by atoms with van der Waals surface area (Å²) in [5.74, 6) is -1.47. The van der Waals surface area contributed by atoms with Crippen LogP contribution in [0.1, 0.15) is 44.6 Å². The van der Waals surface area contributed by atoms with Crippen LogP contribution in [0, 0.1) is 6.92 Å². The van der Waals surface area contributed by atoms with Gasteiger partial charge in [0, 0.05) is 11.6 Å². The van der Waals surface area contributed by atoms with Crippen molar-refractivity contribution in [3.05, 3.63) is 39.9 Å². The number of nitrogens with one attached hydrogen (secondary N) is 1. The number of aromatic carboxylic acids is 1. The van der Waals surface area contributed by atoms with E-state index in [0.717, 1.165) is 5.69 Å². The molecular formula is C12H12N4O3S. The molecule has 0 spiro atoms. The Kier molecular flexibility index (Phi) is 4.04. The number of rotatable bonds is 4. The summed E-state index contributed by atoms with van der Waals surface area (Å²) in [6.45, 7) is 3.50. The molecule has 2 aromatic heterocycles. The van der Waals surface area contributed by atoms with E-state index in [0.29, 0.717) is 5.01 Å². The molecule has 2 heterocycles. The van der Waals surface area contributed by atoms with Crippen molar-refractivity contribution in [1.29, 1.82) is 0 Å². The van der Waals surface area contributed by atoms with Crippen molar-refractivity contribution in [3.63, 3.8) is 0 Å². The molecule has 0 aliphatic carbocycles. The number of hydrogen-bond acceptors (Lipinski definition) is 6. The molecule has 0 bridgehead atoms. The van der Waals surface area contributed by atoms with Crippen molar-refractivity contribution < 1.29 is 14.7 Å². The van der Waals surface area contributed by atoms with Crippen LogP contribution in [0.25, 0.3) is 0 Å². The van der Waals surface area contributed by atoms with Crippen LogP contribution >= 0.6 is 11.3 Å². The number of aryl methyl sites for hydroxylation is 1. The van der Waals surface area contributed by atoms with Gasteiger partial charge in [0.25, 0.3) is 5.91 Å². The molecule has 0 radical (unpaired) electrons. The lowest BCUT2D eigenvalue weighted by molar-refractivity contribution is 0.0691. The van der Waals surface area contributed by atoms with Gasteiger partial charge >= 0.3 is 5.97 Å². The zero-order valence-electron chi connectivity index (χ0n) is 10.8. The molecule has 7 nitrogen and oxygen atoms in total. The molecule has 2 rings (SSSR count). The van der Waals surface area contributed by atoms with Crippen LogP contribution in [-0.4, -0.2) is 31.9 Å². The topological polar surface area (TPSA) is 105 Å². The van der Waals surface area contributed by atoms with Gasteiger partial charge in [-0.3, -0.25) is 9.78 Å². The van der Waals surface area contributed by atoms with Gasteiger partial charge in [0.05, 0.1) is 17.9 Å². The van der Waals surface area contributed by atoms with Gasteiger partial charge in [0.1, 0.15) is 10.7 Å². The molecule has 0 saturated carbocycles. The van der Waals surface area contributed by atoms with Gasteiger partial charge in [0.2, 0.25) is 0 Å². The summed E-state index contributed by atoms with van der Waals surface area (Å²) in [6.07, 6.45) is 2.90. The average molecular weight is 292 g/mol. The number of hydrogen-bond donors (Lipinski definition) is 2. The Morgan fingerprint density at radius 3 is 2.60 bits per heavy atom. The van der Waals surface area contributed by atoms with Crippen LogP contribution in [0.15, 0.2) is 17.8 Å². The highest BCUT2D eigenvalue weighted by Crippen LogP contribution is 2.18. The van der Waals surface area contributed by atoms with Gasteiger partial charge in [-0.05, 0) is 13.8 Å². The molecule has 0 aliphatic rings. The lowest BCUT2D eigenvalue weighted by Crippen LogP contribution is -2.27. The maximum absolute atomic E-state index is 11.9. The Bertz CT molecular complexity index is 638. The molecule has 1 unspecified atom stereocenters. The highest BCUT2D eigenvalue weighted by Gasteiger charge is 2.17. The van der Waals surface area contributed by atoms with Crippen molar-refractivity contribution in [3.8, 4) is 0 Å². The predicted molar refractivity (Wildman–Crippen MR) is 71.7 cm³/mol. The molecule has 8 heteroatoms. The number of thiazole rings is 1. The van der Waals surface area contributed by atoms with Crippen molar-refractivity contribution >= 4 is 23.2 Å². The molecule has 1 amide bonds. The second kappa shape index (κ2) is 5.74. The molecule has 104 valence electrons. The van der Waals surface area contributed by atoms with Crippen molar-refractivity contribution in [2.75, 3.05) is 0 Å². The summed E-state index contributed by atoms with van der Waals surface area (Å²) in [5.41, 5.74) is 0.902. The van der Waals surface area contributed by atoms with Crippen LogP contribution in [0.2, 0.25) is 0 Å². The smallest absolute Gasteiger partial charge is 0.355 e. The minimum Gasteiger partial charge on any atom is -0.476 e. The Morgan fingerprint density at radius 1 is 1.30 bits per heavy atom. The Balaban J connectivity index is 2.06.